The van der Waals surface area contributed by atoms with Crippen LogP contribution in [-0.4, -0.2) is 57.9 Å². The number of nitrogens with zero attached hydrogens (tertiary/aromatic N) is 4. The third-order valence-corrected chi connectivity index (χ3v) is 5.42. The number of urea groups is 1. The molecule has 2 saturated heterocycles. The second-order valence-corrected chi connectivity index (χ2v) is 6.88. The number of amides is 3. The molecule has 0 aromatic carbocycles. The maximum Gasteiger partial charge on any atom is 0.326 e. The van der Waals surface area contributed by atoms with Gasteiger partial charge in [-0.25, -0.2) is 9.78 Å². The van der Waals surface area contributed by atoms with Crippen LogP contribution >= 0.6 is 0 Å². The van der Waals surface area contributed by atoms with E-state index in [1.165, 1.54) is 4.90 Å². The van der Waals surface area contributed by atoms with Crippen molar-refractivity contribution in [2.24, 2.45) is 0 Å². The Morgan fingerprint density at radius 3 is 2.60 bits per heavy atom. The van der Waals surface area contributed by atoms with Gasteiger partial charge >= 0.3 is 6.03 Å². The molecule has 1 aromatic heterocycles. The first-order valence-electron chi connectivity index (χ1n) is 9.13. The summed E-state index contributed by atoms with van der Waals surface area (Å²) < 4.78 is 0. The van der Waals surface area contributed by atoms with E-state index in [1.807, 2.05) is 6.92 Å². The number of carbonyl (C=O) groups excluding carboxylic acids is 2. The molecule has 3 aliphatic rings. The summed E-state index contributed by atoms with van der Waals surface area (Å²) in [5.74, 6) is 0.148. The van der Waals surface area contributed by atoms with E-state index in [0.717, 1.165) is 32.1 Å². The number of nitrogens with one attached hydrogen (secondary N) is 1. The monoisotopic (exact) mass is 345 g/mol. The molecule has 1 unspecified atom stereocenters. The fraction of sp³-hybridized carbons (Fsp3) is 0.647. The number of aromatic nitrogens is 2. The minimum atomic E-state index is -0.296. The number of piperidine rings is 1. The summed E-state index contributed by atoms with van der Waals surface area (Å²) in [7, 11) is 0. The fourth-order valence-electron chi connectivity index (χ4n) is 4.14. The molecule has 4 heterocycles. The summed E-state index contributed by atoms with van der Waals surface area (Å²) in [4.78, 5) is 50.4. The third kappa shape index (κ3) is 2.51. The number of hydrogen-bond donors (Lipinski definition) is 1. The van der Waals surface area contributed by atoms with Crippen LogP contribution in [0.1, 0.15) is 61.3 Å². The maximum absolute atomic E-state index is 12.8. The SMILES string of the molecule is CCN1C(=O)N2CCCCC2c2c1nc(C(=O)N1CCCC1)[nH]c2=O. The van der Waals surface area contributed by atoms with E-state index in [9.17, 15) is 14.4 Å². The van der Waals surface area contributed by atoms with Gasteiger partial charge < -0.3 is 14.8 Å². The van der Waals surface area contributed by atoms with E-state index in [4.69, 9.17) is 0 Å². The number of anilines is 1. The molecule has 8 nitrogen and oxygen atoms in total. The van der Waals surface area contributed by atoms with E-state index in [-0.39, 0.29) is 29.4 Å². The number of fused-ring (bicyclic) bond motifs is 3. The lowest BCUT2D eigenvalue weighted by Gasteiger charge is -2.43. The van der Waals surface area contributed by atoms with Crippen molar-refractivity contribution in [3.8, 4) is 0 Å². The standard InChI is InChI=1S/C17H23N5O3/c1-2-21-14-12(11-7-3-4-10-22(11)17(21)25)15(23)19-13(18-14)16(24)20-8-5-6-9-20/h11H,2-10H2,1H3,(H,18,19,23). The van der Waals surface area contributed by atoms with Crippen LogP contribution in [0.4, 0.5) is 10.6 Å². The van der Waals surface area contributed by atoms with Crippen molar-refractivity contribution in [1.29, 1.82) is 0 Å². The summed E-state index contributed by atoms with van der Waals surface area (Å²) in [6, 6.07) is -0.344. The first kappa shape index (κ1) is 16.1. The molecule has 0 aliphatic carbocycles. The summed E-state index contributed by atoms with van der Waals surface area (Å²) in [6.45, 7) is 4.31. The molecular weight excluding hydrogens is 322 g/mol. The van der Waals surface area contributed by atoms with E-state index in [1.54, 1.807) is 9.80 Å². The molecule has 0 bridgehead atoms. The smallest absolute Gasteiger partial charge is 0.326 e. The number of rotatable bonds is 2. The molecule has 0 radical (unpaired) electrons. The molecule has 1 atom stereocenters. The van der Waals surface area contributed by atoms with Gasteiger partial charge in [-0.05, 0) is 39.0 Å². The van der Waals surface area contributed by atoms with Crippen LogP contribution < -0.4 is 10.5 Å². The van der Waals surface area contributed by atoms with E-state index in [2.05, 4.69) is 9.97 Å². The van der Waals surface area contributed by atoms with Gasteiger partial charge in [-0.2, -0.15) is 0 Å². The minimum absolute atomic E-state index is 0.0427. The largest absolute Gasteiger partial charge is 0.336 e. The maximum atomic E-state index is 12.8. The quantitative estimate of drug-likeness (QED) is 0.879. The molecule has 0 saturated carbocycles. The number of carbonyl (C=O) groups is 2. The molecule has 1 N–H and O–H groups in total. The Kier molecular flexibility index (Phi) is 3.97. The van der Waals surface area contributed by atoms with Crippen LogP contribution in [0.15, 0.2) is 4.79 Å². The normalized spacial score (nSPS) is 22.8. The Morgan fingerprint density at radius 1 is 1.16 bits per heavy atom. The van der Waals surface area contributed by atoms with Crippen molar-refractivity contribution < 1.29 is 9.59 Å². The van der Waals surface area contributed by atoms with Crippen molar-refractivity contribution in [3.63, 3.8) is 0 Å². The highest BCUT2D eigenvalue weighted by Gasteiger charge is 2.41. The van der Waals surface area contributed by atoms with Gasteiger partial charge in [0, 0.05) is 26.2 Å². The van der Waals surface area contributed by atoms with Crippen molar-refractivity contribution >= 4 is 17.8 Å². The average molecular weight is 345 g/mol. The van der Waals surface area contributed by atoms with Crippen LogP contribution in [-0.2, 0) is 0 Å². The third-order valence-electron chi connectivity index (χ3n) is 5.42. The molecule has 3 aliphatic heterocycles. The Balaban J connectivity index is 1.80. The van der Waals surface area contributed by atoms with Gasteiger partial charge in [-0.3, -0.25) is 14.5 Å². The van der Waals surface area contributed by atoms with Gasteiger partial charge in [-0.15, -0.1) is 0 Å². The predicted molar refractivity (Wildman–Crippen MR) is 91.7 cm³/mol. The van der Waals surface area contributed by atoms with Crippen molar-refractivity contribution in [2.45, 2.75) is 45.1 Å². The average Bonchev–Trinajstić information content (AvgIpc) is 3.15. The first-order chi connectivity index (χ1) is 12.1. The molecular formula is C17H23N5O3. The van der Waals surface area contributed by atoms with Gasteiger partial charge in [-0.1, -0.05) is 0 Å². The zero-order chi connectivity index (χ0) is 17.6. The zero-order valence-corrected chi connectivity index (χ0v) is 14.5. The van der Waals surface area contributed by atoms with Gasteiger partial charge in [0.2, 0.25) is 5.82 Å². The number of likely N-dealkylation sites (tertiary alicyclic amines) is 1. The second-order valence-electron chi connectivity index (χ2n) is 6.88. The fourth-order valence-corrected chi connectivity index (χ4v) is 4.14. The van der Waals surface area contributed by atoms with Gasteiger partial charge in [0.15, 0.2) is 0 Å². The van der Waals surface area contributed by atoms with Crippen molar-refractivity contribution in [2.75, 3.05) is 31.1 Å². The van der Waals surface area contributed by atoms with Crippen molar-refractivity contribution in [1.82, 2.24) is 19.8 Å². The minimum Gasteiger partial charge on any atom is -0.336 e. The highest BCUT2D eigenvalue weighted by Crippen LogP contribution is 2.38. The molecule has 0 spiro atoms. The van der Waals surface area contributed by atoms with Crippen LogP contribution in [0.25, 0.3) is 0 Å². The first-order valence-corrected chi connectivity index (χ1v) is 9.13. The highest BCUT2D eigenvalue weighted by atomic mass is 16.2. The molecule has 25 heavy (non-hydrogen) atoms. The predicted octanol–water partition coefficient (Wildman–Crippen LogP) is 1.49. The number of H-pyrrole nitrogens is 1. The highest BCUT2D eigenvalue weighted by molar-refractivity contribution is 5.96. The number of aromatic amines is 1. The van der Waals surface area contributed by atoms with Gasteiger partial charge in [0.05, 0.1) is 11.6 Å². The Bertz CT molecular complexity index is 768. The molecule has 2 fully saturated rings. The van der Waals surface area contributed by atoms with Crippen LogP contribution in [0.2, 0.25) is 0 Å². The summed E-state index contributed by atoms with van der Waals surface area (Å²) in [6.07, 6.45) is 4.63. The Labute approximate surface area is 145 Å². The summed E-state index contributed by atoms with van der Waals surface area (Å²) in [5, 5.41) is 0. The lowest BCUT2D eigenvalue weighted by molar-refractivity contribution is 0.0779. The topological polar surface area (TPSA) is 89.6 Å². The van der Waals surface area contributed by atoms with E-state index < -0.39 is 0 Å². The van der Waals surface area contributed by atoms with Crippen LogP contribution in [0.3, 0.4) is 0 Å². The molecule has 4 rings (SSSR count). The second kappa shape index (κ2) is 6.16. The summed E-state index contributed by atoms with van der Waals surface area (Å²) >= 11 is 0. The Morgan fingerprint density at radius 2 is 1.88 bits per heavy atom. The van der Waals surface area contributed by atoms with E-state index in [0.29, 0.717) is 37.6 Å². The molecule has 1 aromatic rings. The molecule has 134 valence electrons. The van der Waals surface area contributed by atoms with E-state index >= 15 is 0 Å². The lowest BCUT2D eigenvalue weighted by Crippen LogP contribution is -2.53. The zero-order valence-electron chi connectivity index (χ0n) is 14.5. The van der Waals surface area contributed by atoms with Gasteiger partial charge in [0.1, 0.15) is 5.82 Å². The lowest BCUT2D eigenvalue weighted by atomic mass is 9.94. The van der Waals surface area contributed by atoms with Crippen LogP contribution in [0, 0.1) is 0 Å². The molecule has 3 amide bonds. The Hall–Kier alpha value is -2.38. The summed E-state index contributed by atoms with van der Waals surface area (Å²) in [5.41, 5.74) is 0.231. The number of hydrogen-bond acceptors (Lipinski definition) is 4. The molecule has 8 heteroatoms. The van der Waals surface area contributed by atoms with Gasteiger partial charge in [0.25, 0.3) is 11.5 Å². The van der Waals surface area contributed by atoms with Crippen molar-refractivity contribution in [3.05, 3.63) is 21.7 Å². The van der Waals surface area contributed by atoms with Crippen LogP contribution in [0.5, 0.6) is 0 Å².